The highest BCUT2D eigenvalue weighted by Gasteiger charge is 2.34. The molecule has 0 bridgehead atoms. The summed E-state index contributed by atoms with van der Waals surface area (Å²) in [5.41, 5.74) is 7.09. The Kier molecular flexibility index (Phi) is 1.92. The van der Waals surface area contributed by atoms with E-state index in [0.717, 1.165) is 30.6 Å². The number of nitrogens with zero attached hydrogens (tertiary/aromatic N) is 3. The van der Waals surface area contributed by atoms with Crippen LogP contribution >= 0.6 is 0 Å². The number of rotatable bonds is 2. The molecule has 1 aromatic heterocycles. The first-order valence-electron chi connectivity index (χ1n) is 5.64. The highest BCUT2D eigenvalue weighted by atomic mass is 15.3. The second kappa shape index (κ2) is 3.17. The lowest BCUT2D eigenvalue weighted by molar-refractivity contribution is 0.731. The summed E-state index contributed by atoms with van der Waals surface area (Å²) in [6.45, 7) is 3.04. The average molecular weight is 204 g/mol. The Morgan fingerprint density at radius 2 is 2.33 bits per heavy atom. The van der Waals surface area contributed by atoms with Gasteiger partial charge in [-0.3, -0.25) is 0 Å². The van der Waals surface area contributed by atoms with Gasteiger partial charge in [0.25, 0.3) is 0 Å². The molecular weight excluding hydrogens is 188 g/mol. The number of aromatic nitrogens is 2. The third-order valence-corrected chi connectivity index (χ3v) is 3.15. The minimum Gasteiger partial charge on any atom is -0.353 e. The van der Waals surface area contributed by atoms with Crippen LogP contribution in [-0.4, -0.2) is 22.6 Å². The van der Waals surface area contributed by atoms with Crippen LogP contribution in [0.15, 0.2) is 6.20 Å². The standard InChI is InChI=1S/C11H16N4/c1-7(12)10-13-6-8-4-5-15(9-2-3-9)11(8)14-10/h6-7,9H,2-5,12H2,1H3. The lowest BCUT2D eigenvalue weighted by atomic mass is 10.2. The summed E-state index contributed by atoms with van der Waals surface area (Å²) in [7, 11) is 0. The number of nitrogens with two attached hydrogens (primary N) is 1. The van der Waals surface area contributed by atoms with E-state index >= 15 is 0 Å². The Hall–Kier alpha value is -1.16. The first kappa shape index (κ1) is 9.09. The van der Waals surface area contributed by atoms with E-state index in [1.165, 1.54) is 18.4 Å². The van der Waals surface area contributed by atoms with E-state index in [0.29, 0.717) is 0 Å². The first-order valence-corrected chi connectivity index (χ1v) is 5.64. The Balaban J connectivity index is 1.97. The van der Waals surface area contributed by atoms with Crippen LogP contribution < -0.4 is 10.6 Å². The van der Waals surface area contributed by atoms with Gasteiger partial charge >= 0.3 is 0 Å². The number of hydrogen-bond donors (Lipinski definition) is 1. The van der Waals surface area contributed by atoms with Crippen LogP contribution in [0.1, 0.15) is 37.2 Å². The molecule has 1 aliphatic heterocycles. The molecule has 1 saturated carbocycles. The van der Waals surface area contributed by atoms with E-state index in [2.05, 4.69) is 14.9 Å². The van der Waals surface area contributed by atoms with Gasteiger partial charge in [-0.15, -0.1) is 0 Å². The molecule has 4 heteroatoms. The van der Waals surface area contributed by atoms with Crippen molar-refractivity contribution in [2.75, 3.05) is 11.4 Å². The number of fused-ring (bicyclic) bond motifs is 1. The Morgan fingerprint density at radius 3 is 3.00 bits per heavy atom. The maximum Gasteiger partial charge on any atom is 0.147 e. The van der Waals surface area contributed by atoms with Crippen LogP contribution in [0, 0.1) is 0 Å². The molecule has 4 nitrogen and oxygen atoms in total. The molecule has 0 saturated heterocycles. The van der Waals surface area contributed by atoms with E-state index in [1.807, 2.05) is 13.1 Å². The van der Waals surface area contributed by atoms with Gasteiger partial charge in [-0.25, -0.2) is 9.97 Å². The summed E-state index contributed by atoms with van der Waals surface area (Å²) in [6.07, 6.45) is 5.67. The van der Waals surface area contributed by atoms with Crippen molar-refractivity contribution < 1.29 is 0 Å². The van der Waals surface area contributed by atoms with Crippen LogP contribution in [0.4, 0.5) is 5.82 Å². The normalized spacial score (nSPS) is 21.6. The van der Waals surface area contributed by atoms with Crippen molar-refractivity contribution in [2.45, 2.75) is 38.3 Å². The lowest BCUT2D eigenvalue weighted by Gasteiger charge is -2.17. The quantitative estimate of drug-likeness (QED) is 0.781. The topological polar surface area (TPSA) is 55.0 Å². The van der Waals surface area contributed by atoms with Gasteiger partial charge in [-0.2, -0.15) is 0 Å². The molecule has 2 N–H and O–H groups in total. The predicted molar refractivity (Wildman–Crippen MR) is 58.7 cm³/mol. The fraction of sp³-hybridized carbons (Fsp3) is 0.636. The molecule has 0 amide bonds. The smallest absolute Gasteiger partial charge is 0.147 e. The van der Waals surface area contributed by atoms with Crippen molar-refractivity contribution in [1.82, 2.24) is 9.97 Å². The van der Waals surface area contributed by atoms with Crippen LogP contribution in [0.25, 0.3) is 0 Å². The summed E-state index contributed by atoms with van der Waals surface area (Å²) < 4.78 is 0. The second-order valence-corrected chi connectivity index (χ2v) is 4.54. The van der Waals surface area contributed by atoms with E-state index < -0.39 is 0 Å². The molecule has 1 atom stereocenters. The average Bonchev–Trinajstić information content (AvgIpc) is 2.98. The first-order chi connectivity index (χ1) is 7.25. The summed E-state index contributed by atoms with van der Waals surface area (Å²) >= 11 is 0. The molecule has 2 aliphatic rings. The largest absolute Gasteiger partial charge is 0.353 e. The minimum absolute atomic E-state index is 0.0723. The molecule has 15 heavy (non-hydrogen) atoms. The lowest BCUT2D eigenvalue weighted by Crippen LogP contribution is -2.24. The summed E-state index contributed by atoms with van der Waals surface area (Å²) in [6, 6.07) is 0.666. The van der Waals surface area contributed by atoms with Crippen LogP contribution in [-0.2, 0) is 6.42 Å². The zero-order valence-corrected chi connectivity index (χ0v) is 8.98. The zero-order chi connectivity index (χ0) is 10.4. The molecule has 0 radical (unpaired) electrons. The molecule has 1 aliphatic carbocycles. The molecule has 3 rings (SSSR count). The minimum atomic E-state index is -0.0723. The monoisotopic (exact) mass is 204 g/mol. The van der Waals surface area contributed by atoms with Gasteiger partial charge in [-0.1, -0.05) is 0 Å². The van der Waals surface area contributed by atoms with Crippen molar-refractivity contribution in [3.63, 3.8) is 0 Å². The highest BCUT2D eigenvalue weighted by Crippen LogP contribution is 2.36. The molecule has 1 unspecified atom stereocenters. The van der Waals surface area contributed by atoms with Crippen molar-refractivity contribution in [1.29, 1.82) is 0 Å². The summed E-state index contributed by atoms with van der Waals surface area (Å²) in [4.78, 5) is 11.3. The van der Waals surface area contributed by atoms with E-state index in [-0.39, 0.29) is 6.04 Å². The molecule has 1 fully saturated rings. The Morgan fingerprint density at radius 1 is 1.53 bits per heavy atom. The van der Waals surface area contributed by atoms with Crippen molar-refractivity contribution in [3.05, 3.63) is 17.6 Å². The fourth-order valence-corrected chi connectivity index (χ4v) is 2.14. The van der Waals surface area contributed by atoms with Crippen molar-refractivity contribution >= 4 is 5.82 Å². The van der Waals surface area contributed by atoms with Gasteiger partial charge in [0.15, 0.2) is 0 Å². The van der Waals surface area contributed by atoms with Gasteiger partial charge in [-0.05, 0) is 26.2 Å². The summed E-state index contributed by atoms with van der Waals surface area (Å²) in [5.74, 6) is 1.90. The molecule has 1 aromatic rings. The van der Waals surface area contributed by atoms with Crippen molar-refractivity contribution in [3.8, 4) is 0 Å². The van der Waals surface area contributed by atoms with E-state index in [9.17, 15) is 0 Å². The molecular formula is C11H16N4. The van der Waals surface area contributed by atoms with Crippen molar-refractivity contribution in [2.24, 2.45) is 5.73 Å². The predicted octanol–water partition coefficient (Wildman–Crippen LogP) is 1.02. The number of hydrogen-bond acceptors (Lipinski definition) is 4. The van der Waals surface area contributed by atoms with Gasteiger partial charge in [0.2, 0.25) is 0 Å². The van der Waals surface area contributed by atoms with Crippen LogP contribution in [0.2, 0.25) is 0 Å². The van der Waals surface area contributed by atoms with Crippen LogP contribution in [0.5, 0.6) is 0 Å². The van der Waals surface area contributed by atoms with Gasteiger partial charge in [0.05, 0.1) is 6.04 Å². The van der Waals surface area contributed by atoms with Gasteiger partial charge in [0, 0.05) is 24.3 Å². The van der Waals surface area contributed by atoms with Gasteiger partial charge in [0.1, 0.15) is 11.6 Å². The van der Waals surface area contributed by atoms with Crippen LogP contribution in [0.3, 0.4) is 0 Å². The molecule has 0 aromatic carbocycles. The second-order valence-electron chi connectivity index (χ2n) is 4.54. The third kappa shape index (κ3) is 1.49. The third-order valence-electron chi connectivity index (χ3n) is 3.15. The fourth-order valence-electron chi connectivity index (χ4n) is 2.14. The molecule has 0 spiro atoms. The Bertz CT molecular complexity index is 384. The molecule has 80 valence electrons. The maximum atomic E-state index is 5.80. The molecule has 2 heterocycles. The van der Waals surface area contributed by atoms with E-state index in [4.69, 9.17) is 5.73 Å². The van der Waals surface area contributed by atoms with Gasteiger partial charge < -0.3 is 10.6 Å². The SMILES string of the molecule is CC(N)c1ncc2c(n1)N(C1CC1)CC2. The Labute approximate surface area is 89.5 Å². The number of anilines is 1. The summed E-state index contributed by atoms with van der Waals surface area (Å²) in [5, 5.41) is 0. The highest BCUT2D eigenvalue weighted by molar-refractivity contribution is 5.53. The maximum absolute atomic E-state index is 5.80. The van der Waals surface area contributed by atoms with E-state index in [1.54, 1.807) is 0 Å². The zero-order valence-electron chi connectivity index (χ0n) is 8.98.